The van der Waals surface area contributed by atoms with Gasteiger partial charge in [0.25, 0.3) is 0 Å². The lowest BCUT2D eigenvalue weighted by atomic mass is 10.1. The van der Waals surface area contributed by atoms with Crippen LogP contribution in [0.3, 0.4) is 0 Å². The van der Waals surface area contributed by atoms with Crippen molar-refractivity contribution in [2.24, 2.45) is 5.11 Å². The van der Waals surface area contributed by atoms with Crippen LogP contribution in [0.15, 0.2) is 17.8 Å². The quantitative estimate of drug-likeness (QED) is 0.503. The lowest BCUT2D eigenvalue weighted by Gasteiger charge is -2.24. The number of nitrogen functional groups attached to an aromatic ring is 1. The second-order valence-electron chi connectivity index (χ2n) is 6.13. The Morgan fingerprint density at radius 3 is 2.92 bits per heavy atom. The molecular formula is C13H16N8O3. The van der Waals surface area contributed by atoms with Crippen molar-refractivity contribution in [2.45, 2.75) is 44.2 Å². The van der Waals surface area contributed by atoms with E-state index in [1.165, 1.54) is 6.33 Å². The molecule has 0 bridgehead atoms. The molecule has 0 aromatic carbocycles. The van der Waals surface area contributed by atoms with E-state index >= 15 is 0 Å². The summed E-state index contributed by atoms with van der Waals surface area (Å²) in [4.78, 5) is 15.2. The number of imidazole rings is 1. The minimum atomic E-state index is -0.754. The lowest BCUT2D eigenvalue weighted by molar-refractivity contribution is -0.195. The normalized spacial score (nSPS) is 31.1. The van der Waals surface area contributed by atoms with E-state index in [-0.39, 0.29) is 18.8 Å². The Hall–Kier alpha value is -2.46. The Morgan fingerprint density at radius 2 is 2.12 bits per heavy atom. The standard InChI is InChI=1S/C13H16N8O3/c1-13(2)23-8-6(3-19-20-15)22-12(9(8)24-13)21-5-18-7-10(14)16-4-17-11(7)21/h4-6,8-9,12H,3H2,1-2H3,(H2,14,16,17)/t6-,8?,9+,12-/m1/s1. The molecule has 11 nitrogen and oxygen atoms in total. The lowest BCUT2D eigenvalue weighted by Crippen LogP contribution is -2.31. The third-order valence-corrected chi connectivity index (χ3v) is 4.11. The summed E-state index contributed by atoms with van der Waals surface area (Å²) in [5, 5.41) is 3.60. The zero-order chi connectivity index (χ0) is 16.9. The molecule has 4 atom stereocenters. The highest BCUT2D eigenvalue weighted by molar-refractivity contribution is 5.81. The van der Waals surface area contributed by atoms with Crippen LogP contribution < -0.4 is 5.73 Å². The number of rotatable bonds is 3. The molecule has 0 amide bonds. The van der Waals surface area contributed by atoms with Gasteiger partial charge >= 0.3 is 0 Å². The van der Waals surface area contributed by atoms with E-state index < -0.39 is 18.1 Å². The van der Waals surface area contributed by atoms with E-state index in [9.17, 15) is 0 Å². The fourth-order valence-electron chi connectivity index (χ4n) is 3.20. The summed E-state index contributed by atoms with van der Waals surface area (Å²) in [7, 11) is 0. The molecule has 4 rings (SSSR count). The van der Waals surface area contributed by atoms with Crippen molar-refractivity contribution in [2.75, 3.05) is 12.3 Å². The molecule has 126 valence electrons. The van der Waals surface area contributed by atoms with Crippen LogP contribution in [0.2, 0.25) is 0 Å². The number of nitrogens with zero attached hydrogens (tertiary/aromatic N) is 7. The Morgan fingerprint density at radius 1 is 1.33 bits per heavy atom. The fourth-order valence-corrected chi connectivity index (χ4v) is 3.20. The summed E-state index contributed by atoms with van der Waals surface area (Å²) in [5.74, 6) is -0.459. The van der Waals surface area contributed by atoms with Crippen LogP contribution in [0.25, 0.3) is 21.6 Å². The van der Waals surface area contributed by atoms with Gasteiger partial charge in [0.2, 0.25) is 0 Å². The molecule has 24 heavy (non-hydrogen) atoms. The minimum absolute atomic E-state index is 0.150. The first-order valence-electron chi connectivity index (χ1n) is 7.45. The van der Waals surface area contributed by atoms with E-state index in [1.54, 1.807) is 10.9 Å². The van der Waals surface area contributed by atoms with Gasteiger partial charge in [0.05, 0.1) is 19.0 Å². The Labute approximate surface area is 136 Å². The molecular weight excluding hydrogens is 316 g/mol. The van der Waals surface area contributed by atoms with Crippen molar-refractivity contribution in [1.29, 1.82) is 0 Å². The van der Waals surface area contributed by atoms with Crippen LogP contribution in [-0.4, -0.2) is 50.2 Å². The number of ether oxygens (including phenoxy) is 3. The summed E-state index contributed by atoms with van der Waals surface area (Å²) in [6.07, 6.45) is 1.28. The molecule has 11 heteroatoms. The van der Waals surface area contributed by atoms with Crippen LogP contribution in [0.4, 0.5) is 5.82 Å². The van der Waals surface area contributed by atoms with Gasteiger partial charge in [0.1, 0.15) is 24.1 Å². The van der Waals surface area contributed by atoms with E-state index in [4.69, 9.17) is 25.5 Å². The number of hydrogen-bond donors (Lipinski definition) is 1. The van der Waals surface area contributed by atoms with Crippen molar-refractivity contribution in [3.05, 3.63) is 23.1 Å². The number of fused-ring (bicyclic) bond motifs is 2. The first-order chi connectivity index (χ1) is 11.5. The number of nitrogens with two attached hydrogens (primary N) is 1. The molecule has 2 fully saturated rings. The van der Waals surface area contributed by atoms with Crippen LogP contribution >= 0.6 is 0 Å². The Balaban J connectivity index is 1.74. The zero-order valence-corrected chi connectivity index (χ0v) is 13.1. The summed E-state index contributed by atoms with van der Waals surface area (Å²) in [6, 6.07) is 0. The van der Waals surface area contributed by atoms with Crippen molar-refractivity contribution in [3.63, 3.8) is 0 Å². The molecule has 2 aliphatic heterocycles. The molecule has 2 N–H and O–H groups in total. The van der Waals surface area contributed by atoms with Crippen LogP contribution in [0.1, 0.15) is 20.1 Å². The molecule has 2 aromatic heterocycles. The number of anilines is 1. The van der Waals surface area contributed by atoms with E-state index in [2.05, 4.69) is 25.0 Å². The molecule has 0 saturated carbocycles. The van der Waals surface area contributed by atoms with Gasteiger partial charge in [-0.05, 0) is 19.4 Å². The van der Waals surface area contributed by atoms with Gasteiger partial charge in [-0.15, -0.1) is 0 Å². The van der Waals surface area contributed by atoms with Gasteiger partial charge in [0, 0.05) is 4.91 Å². The molecule has 0 radical (unpaired) electrons. The Bertz CT molecular complexity index is 830. The van der Waals surface area contributed by atoms with Crippen molar-refractivity contribution < 1.29 is 14.2 Å². The average Bonchev–Trinajstić information content (AvgIpc) is 3.17. The molecule has 2 aromatic rings. The maximum absolute atomic E-state index is 8.58. The van der Waals surface area contributed by atoms with Crippen LogP contribution in [0.5, 0.6) is 0 Å². The summed E-state index contributed by atoms with van der Waals surface area (Å²) >= 11 is 0. The summed E-state index contributed by atoms with van der Waals surface area (Å²) in [5.41, 5.74) is 15.4. The monoisotopic (exact) mass is 332 g/mol. The van der Waals surface area contributed by atoms with Crippen LogP contribution in [-0.2, 0) is 14.2 Å². The highest BCUT2D eigenvalue weighted by atomic mass is 16.8. The molecule has 2 aliphatic rings. The van der Waals surface area contributed by atoms with Gasteiger partial charge in [-0.3, -0.25) is 4.57 Å². The second-order valence-corrected chi connectivity index (χ2v) is 6.13. The minimum Gasteiger partial charge on any atom is -0.382 e. The Kier molecular flexibility index (Phi) is 3.32. The molecule has 0 aliphatic carbocycles. The summed E-state index contributed by atoms with van der Waals surface area (Å²) in [6.45, 7) is 3.82. The highest BCUT2D eigenvalue weighted by Crippen LogP contribution is 2.43. The third kappa shape index (κ3) is 2.26. The van der Waals surface area contributed by atoms with Crippen molar-refractivity contribution in [1.82, 2.24) is 19.5 Å². The zero-order valence-electron chi connectivity index (χ0n) is 13.1. The van der Waals surface area contributed by atoms with E-state index in [0.29, 0.717) is 17.0 Å². The number of hydrogen-bond acceptors (Lipinski definition) is 8. The van der Waals surface area contributed by atoms with Crippen molar-refractivity contribution in [3.8, 4) is 0 Å². The number of azide groups is 1. The number of aromatic nitrogens is 4. The van der Waals surface area contributed by atoms with E-state index in [1.807, 2.05) is 13.8 Å². The molecule has 2 saturated heterocycles. The predicted octanol–water partition coefficient (Wildman–Crippen LogP) is 1.14. The third-order valence-electron chi connectivity index (χ3n) is 4.11. The highest BCUT2D eigenvalue weighted by Gasteiger charge is 2.55. The topological polar surface area (TPSA) is 146 Å². The fraction of sp³-hybridized carbons (Fsp3) is 0.615. The van der Waals surface area contributed by atoms with Gasteiger partial charge in [-0.2, -0.15) is 0 Å². The maximum Gasteiger partial charge on any atom is 0.167 e. The van der Waals surface area contributed by atoms with E-state index in [0.717, 1.165) is 0 Å². The average molecular weight is 332 g/mol. The van der Waals surface area contributed by atoms with Gasteiger partial charge in [-0.25, -0.2) is 15.0 Å². The van der Waals surface area contributed by atoms with Crippen LogP contribution in [0, 0.1) is 0 Å². The molecule has 1 unspecified atom stereocenters. The molecule has 0 spiro atoms. The smallest absolute Gasteiger partial charge is 0.167 e. The second kappa shape index (κ2) is 5.28. The summed E-state index contributed by atoms with van der Waals surface area (Å²) < 4.78 is 19.7. The van der Waals surface area contributed by atoms with Gasteiger partial charge in [-0.1, -0.05) is 5.11 Å². The molecule has 4 heterocycles. The first-order valence-corrected chi connectivity index (χ1v) is 7.45. The predicted molar refractivity (Wildman–Crippen MR) is 81.5 cm³/mol. The van der Waals surface area contributed by atoms with Crippen molar-refractivity contribution >= 4 is 17.0 Å². The largest absolute Gasteiger partial charge is 0.382 e. The first kappa shape index (κ1) is 15.1. The van der Waals surface area contributed by atoms with Gasteiger partial charge < -0.3 is 19.9 Å². The SMILES string of the molecule is CC1(C)OC2[C@@H](CN=[N+]=[N-])O[C@@H](n3cnc4c(N)ncnc43)[C@H]2O1. The van der Waals surface area contributed by atoms with Gasteiger partial charge in [0.15, 0.2) is 23.5 Å². The maximum atomic E-state index is 8.58.